The lowest BCUT2D eigenvalue weighted by molar-refractivity contribution is -0.143. The maximum Gasteiger partial charge on any atom is 0.305 e. The summed E-state index contributed by atoms with van der Waals surface area (Å²) < 4.78 is 5.52. The zero-order chi connectivity index (χ0) is 64.9. The normalized spacial score (nSPS) is 12.4. The molecule has 0 aliphatic carbocycles. The lowest BCUT2D eigenvalue weighted by Gasteiger charge is -2.22. The smallest absolute Gasteiger partial charge is 0.305 e. The molecule has 6 nitrogen and oxygen atoms in total. The van der Waals surface area contributed by atoms with Crippen LogP contribution in [0.25, 0.3) is 0 Å². The van der Waals surface area contributed by atoms with Gasteiger partial charge in [-0.15, -0.1) is 0 Å². The van der Waals surface area contributed by atoms with Crippen molar-refractivity contribution < 1.29 is 24.5 Å². The number of aliphatic hydroxyl groups is 2. The maximum absolute atomic E-state index is 12.6. The number of aliphatic hydroxyl groups excluding tert-OH is 2. The van der Waals surface area contributed by atoms with Crippen molar-refractivity contribution >= 4 is 11.9 Å². The van der Waals surface area contributed by atoms with Gasteiger partial charge in [-0.2, -0.15) is 0 Å². The van der Waals surface area contributed by atoms with E-state index in [1.54, 1.807) is 0 Å². The van der Waals surface area contributed by atoms with E-state index in [9.17, 15) is 19.8 Å². The summed E-state index contributed by atoms with van der Waals surface area (Å²) in [5, 5.41) is 23.4. The van der Waals surface area contributed by atoms with Crippen LogP contribution in [0.5, 0.6) is 0 Å². The average molecular weight is 1270 g/mol. The fraction of sp³-hybridized carbons (Fsp3) is 0.952. The zero-order valence-corrected chi connectivity index (χ0v) is 61.7. The molecule has 0 aliphatic rings. The monoisotopic (exact) mass is 1270 g/mol. The second kappa shape index (κ2) is 80.0. The SMILES string of the molecule is CCCCCCCC/C=C\CCCCCCCCCCCC(=O)OCCCCCCCCCCCCCCCCCCCCCCCCCCCCCCCCCCCCCC(=O)NC(CO)C(O)CCCCCCCCCCCCCCCCCCCCC. The fourth-order valence-corrected chi connectivity index (χ4v) is 13.7. The van der Waals surface area contributed by atoms with Crippen LogP contribution in [0, 0.1) is 0 Å². The van der Waals surface area contributed by atoms with Crippen LogP contribution >= 0.6 is 0 Å². The Morgan fingerprint density at radius 1 is 0.300 bits per heavy atom. The van der Waals surface area contributed by atoms with Gasteiger partial charge in [0, 0.05) is 12.8 Å². The van der Waals surface area contributed by atoms with E-state index in [0.717, 1.165) is 38.5 Å². The molecule has 0 aromatic carbocycles. The van der Waals surface area contributed by atoms with Gasteiger partial charge in [0.05, 0.1) is 25.4 Å². The van der Waals surface area contributed by atoms with Crippen LogP contribution in [-0.2, 0) is 14.3 Å². The zero-order valence-electron chi connectivity index (χ0n) is 61.7. The Bertz CT molecular complexity index is 1370. The number of allylic oxidation sites excluding steroid dienone is 2. The van der Waals surface area contributed by atoms with Crippen molar-refractivity contribution in [1.82, 2.24) is 5.32 Å². The van der Waals surface area contributed by atoms with Crippen LogP contribution in [0.3, 0.4) is 0 Å². The van der Waals surface area contributed by atoms with Crippen LogP contribution < -0.4 is 5.32 Å². The first-order valence-electron chi connectivity index (χ1n) is 41.9. The molecule has 536 valence electrons. The highest BCUT2D eigenvalue weighted by Gasteiger charge is 2.20. The molecule has 0 aliphatic heterocycles. The topological polar surface area (TPSA) is 95.9 Å². The molecule has 2 unspecified atom stereocenters. The number of carbonyl (C=O) groups is 2. The predicted molar refractivity (Wildman–Crippen MR) is 398 cm³/mol. The number of hydrogen-bond acceptors (Lipinski definition) is 5. The maximum atomic E-state index is 12.6. The number of unbranched alkanes of at least 4 members (excludes halogenated alkanes) is 67. The summed E-state index contributed by atoms with van der Waals surface area (Å²) in [7, 11) is 0. The number of rotatable bonds is 80. The Kier molecular flexibility index (Phi) is 78.8. The fourth-order valence-electron chi connectivity index (χ4n) is 13.7. The van der Waals surface area contributed by atoms with E-state index < -0.39 is 12.1 Å². The third kappa shape index (κ3) is 75.6. The van der Waals surface area contributed by atoms with E-state index in [-0.39, 0.29) is 18.5 Å². The number of amides is 1. The van der Waals surface area contributed by atoms with Crippen LogP contribution in [0.1, 0.15) is 489 Å². The van der Waals surface area contributed by atoms with Crippen LogP contribution in [0.2, 0.25) is 0 Å². The summed E-state index contributed by atoms with van der Waals surface area (Å²) in [5.41, 5.74) is 0. The largest absolute Gasteiger partial charge is 0.466 e. The Labute approximate surface area is 565 Å². The average Bonchev–Trinajstić information content (AvgIpc) is 3.74. The highest BCUT2D eigenvalue weighted by molar-refractivity contribution is 5.76. The molecular weight excluding hydrogens is 1100 g/mol. The summed E-state index contributed by atoms with van der Waals surface area (Å²) in [5.74, 6) is -0.000555. The molecule has 3 N–H and O–H groups in total. The van der Waals surface area contributed by atoms with Crippen molar-refractivity contribution in [2.45, 2.75) is 501 Å². The summed E-state index contributed by atoms with van der Waals surface area (Å²) in [4.78, 5) is 24.7. The molecule has 1 amide bonds. The molecule has 0 heterocycles. The molecular formula is C84H165NO5. The molecule has 0 rings (SSSR count). The van der Waals surface area contributed by atoms with Crippen molar-refractivity contribution in [1.29, 1.82) is 0 Å². The second-order valence-corrected chi connectivity index (χ2v) is 29.2. The van der Waals surface area contributed by atoms with Crippen molar-refractivity contribution in [2.75, 3.05) is 13.2 Å². The number of ether oxygens (including phenoxy) is 1. The first-order chi connectivity index (χ1) is 44.5. The first-order valence-corrected chi connectivity index (χ1v) is 41.9. The summed E-state index contributed by atoms with van der Waals surface area (Å²) in [6.07, 6.45) is 102. The molecule has 90 heavy (non-hydrogen) atoms. The molecule has 0 aromatic heterocycles. The molecule has 0 aromatic rings. The number of carbonyl (C=O) groups excluding carboxylic acids is 2. The van der Waals surface area contributed by atoms with E-state index in [1.165, 1.54) is 417 Å². The van der Waals surface area contributed by atoms with Gasteiger partial charge in [-0.3, -0.25) is 9.59 Å². The first kappa shape index (κ1) is 88.6. The lowest BCUT2D eigenvalue weighted by Crippen LogP contribution is -2.45. The van der Waals surface area contributed by atoms with Crippen molar-refractivity contribution in [3.05, 3.63) is 12.2 Å². The van der Waals surface area contributed by atoms with E-state index >= 15 is 0 Å². The molecule has 0 radical (unpaired) electrons. The van der Waals surface area contributed by atoms with E-state index in [2.05, 4.69) is 31.3 Å². The molecule has 0 saturated heterocycles. The lowest BCUT2D eigenvalue weighted by atomic mass is 10.0. The third-order valence-corrected chi connectivity index (χ3v) is 20.1. The van der Waals surface area contributed by atoms with Crippen molar-refractivity contribution in [3.8, 4) is 0 Å². The summed E-state index contributed by atoms with van der Waals surface area (Å²) in [6, 6.07) is -0.537. The van der Waals surface area contributed by atoms with Crippen LogP contribution in [0.15, 0.2) is 12.2 Å². The summed E-state index contributed by atoms with van der Waals surface area (Å²) in [6.45, 7) is 5.01. The van der Waals surface area contributed by atoms with Gasteiger partial charge in [-0.1, -0.05) is 437 Å². The number of nitrogens with one attached hydrogen (secondary N) is 1. The minimum Gasteiger partial charge on any atom is -0.466 e. The van der Waals surface area contributed by atoms with E-state index in [1.807, 2.05) is 0 Å². The van der Waals surface area contributed by atoms with Gasteiger partial charge in [-0.25, -0.2) is 0 Å². The quantitative estimate of drug-likeness (QED) is 0.0320. The van der Waals surface area contributed by atoms with E-state index in [4.69, 9.17) is 4.74 Å². The third-order valence-electron chi connectivity index (χ3n) is 20.1. The summed E-state index contributed by atoms with van der Waals surface area (Å²) >= 11 is 0. The van der Waals surface area contributed by atoms with Gasteiger partial charge < -0.3 is 20.3 Å². The Morgan fingerprint density at radius 2 is 0.522 bits per heavy atom. The molecule has 0 saturated carbocycles. The van der Waals surface area contributed by atoms with Gasteiger partial charge in [-0.05, 0) is 51.4 Å². The minimum absolute atomic E-state index is 0.0236. The molecule has 0 fully saturated rings. The van der Waals surface area contributed by atoms with Crippen molar-refractivity contribution in [3.63, 3.8) is 0 Å². The molecule has 2 atom stereocenters. The number of hydrogen-bond donors (Lipinski definition) is 3. The Hall–Kier alpha value is -1.40. The minimum atomic E-state index is -0.661. The highest BCUT2D eigenvalue weighted by Crippen LogP contribution is 2.21. The van der Waals surface area contributed by atoms with Gasteiger partial charge in [0.15, 0.2) is 0 Å². The Morgan fingerprint density at radius 3 is 0.789 bits per heavy atom. The number of esters is 1. The Balaban J connectivity index is 3.29. The highest BCUT2D eigenvalue weighted by atomic mass is 16.5. The van der Waals surface area contributed by atoms with Crippen molar-refractivity contribution in [2.24, 2.45) is 0 Å². The van der Waals surface area contributed by atoms with Crippen LogP contribution in [0.4, 0.5) is 0 Å². The standard InChI is InChI=1S/C84H165NO5/c1-3-5-7-9-11-13-15-17-19-21-40-44-48-52-56-60-64-68-72-76-82(87)81(80-86)85-83(88)77-73-69-65-61-57-53-49-45-42-38-36-34-32-30-28-26-24-23-25-27-29-31-33-35-37-39-43-47-51-55-59-63-67-71-75-79-90-84(89)78-74-70-66-62-58-54-50-46-41-22-20-18-16-14-12-10-8-6-4-2/h18,20,81-82,86-87H,3-17,19,21-80H2,1-2H3,(H,85,88)/b20-18-. The van der Waals surface area contributed by atoms with Gasteiger partial charge in [0.1, 0.15) is 0 Å². The molecule has 0 bridgehead atoms. The van der Waals surface area contributed by atoms with Gasteiger partial charge >= 0.3 is 5.97 Å². The van der Waals surface area contributed by atoms with Gasteiger partial charge in [0.25, 0.3) is 0 Å². The molecule has 0 spiro atoms. The van der Waals surface area contributed by atoms with Crippen LogP contribution in [-0.4, -0.2) is 47.4 Å². The predicted octanol–water partition coefficient (Wildman–Crippen LogP) is 27.8. The van der Waals surface area contributed by atoms with E-state index in [0.29, 0.717) is 25.9 Å². The second-order valence-electron chi connectivity index (χ2n) is 29.2. The molecule has 6 heteroatoms. The van der Waals surface area contributed by atoms with Gasteiger partial charge in [0.2, 0.25) is 5.91 Å².